The highest BCUT2D eigenvalue weighted by Crippen LogP contribution is 2.22. The molecule has 0 aliphatic rings. The number of rotatable bonds is 9. The lowest BCUT2D eigenvalue weighted by Gasteiger charge is -2.11. The van der Waals surface area contributed by atoms with Crippen LogP contribution in [0.2, 0.25) is 0 Å². The molecule has 0 radical (unpaired) electrons. The summed E-state index contributed by atoms with van der Waals surface area (Å²) in [5.41, 5.74) is 0. The maximum atomic E-state index is 10.6. The van der Waals surface area contributed by atoms with Gasteiger partial charge in [-0.25, -0.2) is 0 Å². The predicted molar refractivity (Wildman–Crippen MR) is 80.1 cm³/mol. The average molecular weight is 303 g/mol. The SMILES string of the molecule is CSCCCCn1c(SCC(=O)O)nnc1C(C)C. The molecule has 0 saturated heterocycles. The standard InChI is InChI=1S/C12H21N3O2S2/c1-9(2)11-13-14-12(19-8-10(16)17)15(11)6-4-5-7-18-3/h9H,4-8H2,1-3H3,(H,16,17). The summed E-state index contributed by atoms with van der Waals surface area (Å²) in [7, 11) is 0. The van der Waals surface area contributed by atoms with Gasteiger partial charge in [0.15, 0.2) is 5.16 Å². The van der Waals surface area contributed by atoms with Crippen LogP contribution in [0.5, 0.6) is 0 Å². The van der Waals surface area contributed by atoms with Gasteiger partial charge in [0.2, 0.25) is 0 Å². The van der Waals surface area contributed by atoms with Gasteiger partial charge in [0.25, 0.3) is 0 Å². The molecule has 0 aliphatic carbocycles. The molecule has 1 aromatic heterocycles. The lowest BCUT2D eigenvalue weighted by molar-refractivity contribution is -0.133. The number of hydrogen-bond donors (Lipinski definition) is 1. The summed E-state index contributed by atoms with van der Waals surface area (Å²) < 4.78 is 2.07. The lowest BCUT2D eigenvalue weighted by atomic mass is 10.2. The Kier molecular flexibility index (Phi) is 7.30. The largest absolute Gasteiger partial charge is 0.481 e. The fourth-order valence-corrected chi connectivity index (χ4v) is 2.87. The van der Waals surface area contributed by atoms with Gasteiger partial charge in [-0.15, -0.1) is 10.2 Å². The second-order valence-electron chi connectivity index (χ2n) is 4.53. The zero-order valence-corrected chi connectivity index (χ0v) is 13.3. The van der Waals surface area contributed by atoms with E-state index in [1.165, 1.54) is 11.8 Å². The summed E-state index contributed by atoms with van der Waals surface area (Å²) in [6, 6.07) is 0. The number of carboxylic acid groups (broad SMARTS) is 1. The highest BCUT2D eigenvalue weighted by Gasteiger charge is 2.15. The molecule has 0 aromatic carbocycles. The Bertz CT molecular complexity index is 408. The summed E-state index contributed by atoms with van der Waals surface area (Å²) in [4.78, 5) is 10.6. The monoisotopic (exact) mass is 303 g/mol. The van der Waals surface area contributed by atoms with Crippen molar-refractivity contribution in [1.29, 1.82) is 0 Å². The Labute approximate surface area is 122 Å². The van der Waals surface area contributed by atoms with Crippen molar-refractivity contribution in [3.63, 3.8) is 0 Å². The molecule has 0 atom stereocenters. The molecule has 0 unspecified atom stereocenters. The minimum Gasteiger partial charge on any atom is -0.481 e. The van der Waals surface area contributed by atoms with Crippen molar-refractivity contribution in [2.45, 2.75) is 44.3 Å². The van der Waals surface area contributed by atoms with Gasteiger partial charge in [-0.1, -0.05) is 25.6 Å². The fraction of sp³-hybridized carbons (Fsp3) is 0.750. The lowest BCUT2D eigenvalue weighted by Crippen LogP contribution is -2.08. The van der Waals surface area contributed by atoms with Crippen LogP contribution in [-0.4, -0.2) is 43.6 Å². The molecule has 1 aromatic rings. The van der Waals surface area contributed by atoms with Crippen LogP contribution in [0, 0.1) is 0 Å². The molecule has 0 amide bonds. The predicted octanol–water partition coefficient (Wildman–Crippen LogP) is 2.72. The summed E-state index contributed by atoms with van der Waals surface area (Å²) in [6.45, 7) is 5.02. The molecule has 19 heavy (non-hydrogen) atoms. The maximum Gasteiger partial charge on any atom is 0.313 e. The van der Waals surface area contributed by atoms with Crippen LogP contribution in [-0.2, 0) is 11.3 Å². The van der Waals surface area contributed by atoms with Crippen LogP contribution in [0.15, 0.2) is 5.16 Å². The Hall–Kier alpha value is -0.690. The number of thioether (sulfide) groups is 2. The van der Waals surface area contributed by atoms with Crippen LogP contribution in [0.25, 0.3) is 0 Å². The molecular weight excluding hydrogens is 282 g/mol. The van der Waals surface area contributed by atoms with Crippen LogP contribution >= 0.6 is 23.5 Å². The zero-order valence-electron chi connectivity index (χ0n) is 11.6. The first-order valence-electron chi connectivity index (χ1n) is 6.33. The summed E-state index contributed by atoms with van der Waals surface area (Å²) in [5, 5.41) is 17.8. The summed E-state index contributed by atoms with van der Waals surface area (Å²) in [5.74, 6) is 1.59. The molecule has 108 valence electrons. The van der Waals surface area contributed by atoms with Gasteiger partial charge in [-0.2, -0.15) is 11.8 Å². The number of aromatic nitrogens is 3. The van der Waals surface area contributed by atoms with Crippen molar-refractivity contribution in [2.24, 2.45) is 0 Å². The van der Waals surface area contributed by atoms with Gasteiger partial charge in [0.05, 0.1) is 5.75 Å². The molecular formula is C12H21N3O2S2. The van der Waals surface area contributed by atoms with E-state index in [0.717, 1.165) is 36.1 Å². The fourth-order valence-electron chi connectivity index (χ4n) is 1.69. The van der Waals surface area contributed by atoms with E-state index in [9.17, 15) is 4.79 Å². The molecule has 0 fully saturated rings. The molecule has 0 spiro atoms. The zero-order chi connectivity index (χ0) is 14.3. The normalized spacial score (nSPS) is 11.2. The first-order valence-corrected chi connectivity index (χ1v) is 8.70. The number of unbranched alkanes of at least 4 members (excludes halogenated alkanes) is 1. The molecule has 0 aliphatic heterocycles. The summed E-state index contributed by atoms with van der Waals surface area (Å²) >= 11 is 3.09. The van der Waals surface area contributed by atoms with Gasteiger partial charge < -0.3 is 9.67 Å². The Morgan fingerprint density at radius 2 is 2.11 bits per heavy atom. The van der Waals surface area contributed by atoms with Crippen LogP contribution in [0.4, 0.5) is 0 Å². The molecule has 0 saturated carbocycles. The van der Waals surface area contributed by atoms with Gasteiger partial charge in [0.1, 0.15) is 5.82 Å². The van der Waals surface area contributed by atoms with Crippen LogP contribution < -0.4 is 0 Å². The Balaban J connectivity index is 2.70. The smallest absolute Gasteiger partial charge is 0.313 e. The Morgan fingerprint density at radius 3 is 2.68 bits per heavy atom. The Morgan fingerprint density at radius 1 is 1.37 bits per heavy atom. The number of carboxylic acids is 1. The molecule has 0 bridgehead atoms. The van der Waals surface area contributed by atoms with E-state index in [1.807, 2.05) is 11.8 Å². The van der Waals surface area contributed by atoms with E-state index >= 15 is 0 Å². The van der Waals surface area contributed by atoms with Gasteiger partial charge in [-0.05, 0) is 24.9 Å². The first-order chi connectivity index (χ1) is 9.06. The molecule has 7 heteroatoms. The van der Waals surface area contributed by atoms with Crippen LogP contribution in [0.1, 0.15) is 38.4 Å². The summed E-state index contributed by atoms with van der Waals surface area (Å²) in [6.07, 6.45) is 4.33. The quantitative estimate of drug-likeness (QED) is 0.559. The highest BCUT2D eigenvalue weighted by molar-refractivity contribution is 7.99. The van der Waals surface area contributed by atoms with Crippen molar-refractivity contribution >= 4 is 29.5 Å². The molecule has 1 N–H and O–H groups in total. The van der Waals surface area contributed by atoms with Crippen LogP contribution in [0.3, 0.4) is 0 Å². The number of nitrogens with zero attached hydrogens (tertiary/aromatic N) is 3. The van der Waals surface area contributed by atoms with Gasteiger partial charge >= 0.3 is 5.97 Å². The third-order valence-electron chi connectivity index (χ3n) is 2.57. The van der Waals surface area contributed by atoms with Gasteiger partial charge in [-0.3, -0.25) is 4.79 Å². The second kappa shape index (κ2) is 8.47. The highest BCUT2D eigenvalue weighted by atomic mass is 32.2. The minimum atomic E-state index is -0.826. The van der Waals surface area contributed by atoms with Crippen molar-refractivity contribution in [3.05, 3.63) is 5.82 Å². The van der Waals surface area contributed by atoms with E-state index in [-0.39, 0.29) is 5.75 Å². The first kappa shape index (κ1) is 16.4. The van der Waals surface area contributed by atoms with E-state index in [2.05, 4.69) is 34.9 Å². The van der Waals surface area contributed by atoms with E-state index in [0.29, 0.717) is 5.92 Å². The van der Waals surface area contributed by atoms with Crippen molar-refractivity contribution < 1.29 is 9.90 Å². The third-order valence-corrected chi connectivity index (χ3v) is 4.22. The van der Waals surface area contributed by atoms with E-state index < -0.39 is 5.97 Å². The van der Waals surface area contributed by atoms with Gasteiger partial charge in [0, 0.05) is 12.5 Å². The van der Waals surface area contributed by atoms with Crippen molar-refractivity contribution in [1.82, 2.24) is 14.8 Å². The molecule has 1 rings (SSSR count). The average Bonchev–Trinajstić information content (AvgIpc) is 2.75. The van der Waals surface area contributed by atoms with E-state index in [1.54, 1.807) is 0 Å². The minimum absolute atomic E-state index is 0.0288. The van der Waals surface area contributed by atoms with E-state index in [4.69, 9.17) is 5.11 Å². The number of carbonyl (C=O) groups is 1. The number of aliphatic carboxylic acids is 1. The third kappa shape index (κ3) is 5.44. The van der Waals surface area contributed by atoms with Crippen molar-refractivity contribution in [3.8, 4) is 0 Å². The second-order valence-corrected chi connectivity index (χ2v) is 6.46. The maximum absolute atomic E-state index is 10.6. The molecule has 1 heterocycles. The molecule has 5 nitrogen and oxygen atoms in total. The number of hydrogen-bond acceptors (Lipinski definition) is 5. The topological polar surface area (TPSA) is 68.0 Å². The van der Waals surface area contributed by atoms with Crippen molar-refractivity contribution in [2.75, 3.05) is 17.8 Å².